The van der Waals surface area contributed by atoms with E-state index in [4.69, 9.17) is 0 Å². The van der Waals surface area contributed by atoms with E-state index >= 15 is 0 Å². The molecule has 2 aliphatic rings. The van der Waals surface area contributed by atoms with Crippen LogP contribution >= 0.6 is 0 Å². The molecule has 7 nitrogen and oxygen atoms in total. The molecule has 4 rings (SSSR count). The van der Waals surface area contributed by atoms with Gasteiger partial charge in [-0.1, -0.05) is 18.2 Å². The Morgan fingerprint density at radius 1 is 0.821 bits per heavy atom. The van der Waals surface area contributed by atoms with Crippen LogP contribution in [0.5, 0.6) is 0 Å². The van der Waals surface area contributed by atoms with Crippen molar-refractivity contribution in [3.63, 3.8) is 0 Å². The molecule has 2 fully saturated rings. The number of hydrogen-bond acceptors (Lipinski definition) is 5. The van der Waals surface area contributed by atoms with Gasteiger partial charge < -0.3 is 19.6 Å². The third-order valence-electron chi connectivity index (χ3n) is 5.49. The van der Waals surface area contributed by atoms with Crippen molar-refractivity contribution in [1.29, 1.82) is 0 Å². The molecule has 1 aromatic heterocycles. The fourth-order valence-corrected chi connectivity index (χ4v) is 3.79. The van der Waals surface area contributed by atoms with Gasteiger partial charge in [0.15, 0.2) is 0 Å². The zero-order chi connectivity index (χ0) is 19.3. The number of carbonyl (C=O) groups is 2. The standard InChI is InChI=1S/C21H25N5O2/c27-17-23-6-8-25(9-7-23)20-14-18(15-22-16-20)21(28)26-12-10-24(11-13-26)19-4-2-1-3-5-19/h1-5,14-17H,6-13H2. The number of amides is 2. The van der Waals surface area contributed by atoms with E-state index in [1.165, 1.54) is 5.69 Å². The van der Waals surface area contributed by atoms with Gasteiger partial charge in [-0.25, -0.2) is 0 Å². The maximum absolute atomic E-state index is 13.0. The van der Waals surface area contributed by atoms with E-state index in [-0.39, 0.29) is 5.91 Å². The van der Waals surface area contributed by atoms with Gasteiger partial charge in [0.1, 0.15) is 0 Å². The van der Waals surface area contributed by atoms with E-state index in [0.29, 0.717) is 31.7 Å². The maximum atomic E-state index is 13.0. The van der Waals surface area contributed by atoms with E-state index < -0.39 is 0 Å². The molecule has 0 unspecified atom stereocenters. The molecule has 1 aromatic carbocycles. The van der Waals surface area contributed by atoms with Crippen molar-refractivity contribution >= 4 is 23.7 Å². The lowest BCUT2D eigenvalue weighted by molar-refractivity contribution is -0.118. The second-order valence-electron chi connectivity index (χ2n) is 7.18. The molecular weight excluding hydrogens is 354 g/mol. The van der Waals surface area contributed by atoms with Crippen molar-refractivity contribution in [1.82, 2.24) is 14.8 Å². The van der Waals surface area contributed by atoms with Crippen LogP contribution in [0, 0.1) is 0 Å². The summed E-state index contributed by atoms with van der Waals surface area (Å²) in [5.74, 6) is 0.0357. The molecule has 0 atom stereocenters. The minimum atomic E-state index is 0.0357. The van der Waals surface area contributed by atoms with Gasteiger partial charge in [0.2, 0.25) is 6.41 Å². The minimum Gasteiger partial charge on any atom is -0.368 e. The number of aromatic nitrogens is 1. The van der Waals surface area contributed by atoms with Gasteiger partial charge in [0.05, 0.1) is 17.4 Å². The first-order valence-electron chi connectivity index (χ1n) is 9.73. The Labute approximate surface area is 165 Å². The Kier molecular flexibility index (Phi) is 5.41. The molecule has 0 aliphatic carbocycles. The van der Waals surface area contributed by atoms with Crippen LogP contribution in [0.1, 0.15) is 10.4 Å². The van der Waals surface area contributed by atoms with Gasteiger partial charge in [-0.15, -0.1) is 0 Å². The summed E-state index contributed by atoms with van der Waals surface area (Å²) in [4.78, 5) is 36.3. The average molecular weight is 379 g/mol. The molecule has 2 amide bonds. The number of hydrogen-bond donors (Lipinski definition) is 0. The summed E-state index contributed by atoms with van der Waals surface area (Å²) in [7, 11) is 0. The third-order valence-corrected chi connectivity index (χ3v) is 5.49. The summed E-state index contributed by atoms with van der Waals surface area (Å²) in [6.45, 7) is 5.98. The molecular formula is C21H25N5O2. The first-order chi connectivity index (χ1) is 13.7. The summed E-state index contributed by atoms with van der Waals surface area (Å²) >= 11 is 0. The molecule has 0 radical (unpaired) electrons. The normalized spacial score (nSPS) is 17.6. The molecule has 2 saturated heterocycles. The molecule has 0 N–H and O–H groups in total. The van der Waals surface area contributed by atoms with Crippen molar-refractivity contribution in [3.8, 4) is 0 Å². The number of para-hydroxylation sites is 1. The van der Waals surface area contributed by atoms with Crippen molar-refractivity contribution in [2.45, 2.75) is 0 Å². The fourth-order valence-electron chi connectivity index (χ4n) is 3.79. The molecule has 2 aromatic rings. The zero-order valence-corrected chi connectivity index (χ0v) is 15.9. The van der Waals surface area contributed by atoms with Crippen LogP contribution in [-0.4, -0.2) is 79.5 Å². The Hall–Kier alpha value is -3.09. The zero-order valence-electron chi connectivity index (χ0n) is 15.9. The van der Waals surface area contributed by atoms with E-state index in [9.17, 15) is 9.59 Å². The third kappa shape index (κ3) is 3.93. The predicted molar refractivity (Wildman–Crippen MR) is 109 cm³/mol. The lowest BCUT2D eigenvalue weighted by Gasteiger charge is -2.36. The monoisotopic (exact) mass is 379 g/mol. The van der Waals surface area contributed by atoms with E-state index in [0.717, 1.165) is 38.3 Å². The van der Waals surface area contributed by atoms with Gasteiger partial charge in [0, 0.05) is 64.2 Å². The summed E-state index contributed by atoms with van der Waals surface area (Å²) in [6, 6.07) is 12.2. The second kappa shape index (κ2) is 8.29. The van der Waals surface area contributed by atoms with Crippen LogP contribution < -0.4 is 9.80 Å². The van der Waals surface area contributed by atoms with Crippen molar-refractivity contribution in [3.05, 3.63) is 54.4 Å². The number of anilines is 2. The highest BCUT2D eigenvalue weighted by atomic mass is 16.2. The van der Waals surface area contributed by atoms with Crippen LogP contribution in [0.25, 0.3) is 0 Å². The topological polar surface area (TPSA) is 60.0 Å². The van der Waals surface area contributed by atoms with Crippen LogP contribution in [0.4, 0.5) is 11.4 Å². The van der Waals surface area contributed by atoms with E-state index in [1.54, 1.807) is 17.3 Å². The number of nitrogens with zero attached hydrogens (tertiary/aromatic N) is 5. The number of piperazine rings is 2. The lowest BCUT2D eigenvalue weighted by atomic mass is 10.2. The summed E-state index contributed by atoms with van der Waals surface area (Å²) < 4.78 is 0. The highest BCUT2D eigenvalue weighted by Gasteiger charge is 2.23. The molecule has 146 valence electrons. The van der Waals surface area contributed by atoms with Crippen molar-refractivity contribution < 1.29 is 9.59 Å². The Morgan fingerprint density at radius 3 is 2.14 bits per heavy atom. The van der Waals surface area contributed by atoms with E-state index in [2.05, 4.69) is 26.9 Å². The molecule has 2 aliphatic heterocycles. The Morgan fingerprint density at radius 2 is 1.46 bits per heavy atom. The molecule has 3 heterocycles. The van der Waals surface area contributed by atoms with Crippen molar-refractivity contribution in [2.24, 2.45) is 0 Å². The number of benzene rings is 1. The quantitative estimate of drug-likeness (QED) is 0.750. The molecule has 0 spiro atoms. The largest absolute Gasteiger partial charge is 0.368 e. The molecule has 7 heteroatoms. The maximum Gasteiger partial charge on any atom is 0.255 e. The summed E-state index contributed by atoms with van der Waals surface area (Å²) in [5.41, 5.74) is 2.77. The number of carbonyl (C=O) groups excluding carboxylic acids is 2. The highest BCUT2D eigenvalue weighted by Crippen LogP contribution is 2.20. The Balaban J connectivity index is 1.38. The SMILES string of the molecule is O=CN1CCN(c2cncc(C(=O)N3CCN(c4ccccc4)CC3)c2)CC1. The van der Waals surface area contributed by atoms with Crippen LogP contribution in [0.15, 0.2) is 48.8 Å². The highest BCUT2D eigenvalue weighted by molar-refractivity contribution is 5.95. The van der Waals surface area contributed by atoms with Crippen LogP contribution in [0.2, 0.25) is 0 Å². The molecule has 0 bridgehead atoms. The first kappa shape index (κ1) is 18.3. The number of rotatable bonds is 4. The first-order valence-corrected chi connectivity index (χ1v) is 9.73. The summed E-state index contributed by atoms with van der Waals surface area (Å²) in [5, 5.41) is 0. The molecule has 28 heavy (non-hydrogen) atoms. The minimum absolute atomic E-state index is 0.0357. The van der Waals surface area contributed by atoms with Crippen molar-refractivity contribution in [2.75, 3.05) is 62.2 Å². The smallest absolute Gasteiger partial charge is 0.255 e. The van der Waals surface area contributed by atoms with Gasteiger partial charge in [0.25, 0.3) is 5.91 Å². The van der Waals surface area contributed by atoms with E-state index in [1.807, 2.05) is 29.2 Å². The summed E-state index contributed by atoms with van der Waals surface area (Å²) in [6.07, 6.45) is 4.34. The lowest BCUT2D eigenvalue weighted by Crippen LogP contribution is -2.49. The fraction of sp³-hybridized carbons (Fsp3) is 0.381. The second-order valence-corrected chi connectivity index (χ2v) is 7.18. The van der Waals surface area contributed by atoms with Gasteiger partial charge in [-0.05, 0) is 18.2 Å². The number of pyridine rings is 1. The Bertz CT molecular complexity index is 813. The van der Waals surface area contributed by atoms with Crippen LogP contribution in [-0.2, 0) is 4.79 Å². The van der Waals surface area contributed by atoms with Gasteiger partial charge in [-0.2, -0.15) is 0 Å². The average Bonchev–Trinajstić information content (AvgIpc) is 2.79. The predicted octanol–water partition coefficient (Wildman–Crippen LogP) is 1.32. The van der Waals surface area contributed by atoms with Gasteiger partial charge >= 0.3 is 0 Å². The van der Waals surface area contributed by atoms with Crippen LogP contribution in [0.3, 0.4) is 0 Å². The van der Waals surface area contributed by atoms with Gasteiger partial charge in [-0.3, -0.25) is 14.6 Å². The molecule has 0 saturated carbocycles.